The molecule has 0 N–H and O–H groups in total. The summed E-state index contributed by atoms with van der Waals surface area (Å²) in [6.07, 6.45) is 4.77. The number of rotatable bonds is 3. The average molecular weight is 379 g/mol. The van der Waals surface area contributed by atoms with E-state index in [0.29, 0.717) is 27.8 Å². The van der Waals surface area contributed by atoms with E-state index in [2.05, 4.69) is 20.8 Å². The first-order chi connectivity index (χ1) is 9.59. The maximum absolute atomic E-state index is 12.6. The van der Waals surface area contributed by atoms with Gasteiger partial charge in [0.2, 0.25) is 0 Å². The standard InChI is InChI=1S/C13H19BrN2O2S2/c14-12-5-9-19-13(12)20(17,18)16-8-4-11(10-16)15-6-2-1-3-7-15/h5,9,11H,1-4,6-8,10H2. The van der Waals surface area contributed by atoms with Gasteiger partial charge in [0.05, 0.1) is 0 Å². The highest BCUT2D eigenvalue weighted by Gasteiger charge is 2.36. The van der Waals surface area contributed by atoms with Crippen molar-refractivity contribution < 1.29 is 8.42 Å². The van der Waals surface area contributed by atoms with Crippen molar-refractivity contribution in [2.45, 2.75) is 35.9 Å². The van der Waals surface area contributed by atoms with Gasteiger partial charge in [-0.25, -0.2) is 8.42 Å². The molecule has 7 heteroatoms. The summed E-state index contributed by atoms with van der Waals surface area (Å²) in [6, 6.07) is 2.21. The predicted molar refractivity (Wildman–Crippen MR) is 84.6 cm³/mol. The van der Waals surface area contributed by atoms with Gasteiger partial charge in [-0.3, -0.25) is 4.90 Å². The molecule has 4 nitrogen and oxygen atoms in total. The number of sulfonamides is 1. The van der Waals surface area contributed by atoms with Crippen molar-refractivity contribution in [1.29, 1.82) is 0 Å². The number of nitrogens with zero attached hydrogens (tertiary/aromatic N) is 2. The highest BCUT2D eigenvalue weighted by molar-refractivity contribution is 9.10. The van der Waals surface area contributed by atoms with Crippen LogP contribution in [0.2, 0.25) is 0 Å². The molecule has 20 heavy (non-hydrogen) atoms. The largest absolute Gasteiger partial charge is 0.299 e. The van der Waals surface area contributed by atoms with Crippen molar-refractivity contribution in [2.24, 2.45) is 0 Å². The molecule has 0 saturated carbocycles. The van der Waals surface area contributed by atoms with Crippen LogP contribution in [0.5, 0.6) is 0 Å². The van der Waals surface area contributed by atoms with Crippen LogP contribution in [0.1, 0.15) is 25.7 Å². The normalized spacial score (nSPS) is 26.1. The van der Waals surface area contributed by atoms with Crippen molar-refractivity contribution in [3.05, 3.63) is 15.9 Å². The zero-order valence-electron chi connectivity index (χ0n) is 11.3. The summed E-state index contributed by atoms with van der Waals surface area (Å²) in [7, 11) is -3.32. The van der Waals surface area contributed by atoms with Crippen molar-refractivity contribution in [1.82, 2.24) is 9.21 Å². The van der Waals surface area contributed by atoms with E-state index in [1.807, 2.05) is 5.38 Å². The third kappa shape index (κ3) is 2.83. The number of thiophene rings is 1. The van der Waals surface area contributed by atoms with E-state index in [9.17, 15) is 8.42 Å². The summed E-state index contributed by atoms with van der Waals surface area (Å²) in [5.74, 6) is 0. The van der Waals surface area contributed by atoms with E-state index < -0.39 is 10.0 Å². The second-order valence-electron chi connectivity index (χ2n) is 5.46. The van der Waals surface area contributed by atoms with Crippen molar-refractivity contribution >= 4 is 37.3 Å². The highest BCUT2D eigenvalue weighted by atomic mass is 79.9. The SMILES string of the molecule is O=S(=O)(c1sccc1Br)N1CCC(N2CCCCC2)C1. The molecule has 0 bridgehead atoms. The van der Waals surface area contributed by atoms with Crippen LogP contribution in [0.3, 0.4) is 0 Å². The zero-order chi connectivity index (χ0) is 14.2. The van der Waals surface area contributed by atoms with Gasteiger partial charge >= 0.3 is 0 Å². The maximum atomic E-state index is 12.6. The number of hydrogen-bond acceptors (Lipinski definition) is 4. The van der Waals surface area contributed by atoms with Gasteiger partial charge < -0.3 is 0 Å². The Morgan fingerprint density at radius 3 is 2.60 bits per heavy atom. The first-order valence-electron chi connectivity index (χ1n) is 7.06. The number of likely N-dealkylation sites (tertiary alicyclic amines) is 1. The molecule has 2 aliphatic heterocycles. The Morgan fingerprint density at radius 1 is 1.20 bits per heavy atom. The van der Waals surface area contributed by atoms with Crippen molar-refractivity contribution in [2.75, 3.05) is 26.2 Å². The summed E-state index contributed by atoms with van der Waals surface area (Å²) in [4.78, 5) is 2.47. The Labute approximate surface area is 132 Å². The zero-order valence-corrected chi connectivity index (χ0v) is 14.5. The summed E-state index contributed by atoms with van der Waals surface area (Å²) in [5, 5.41) is 1.81. The molecule has 0 amide bonds. The quantitative estimate of drug-likeness (QED) is 0.811. The lowest BCUT2D eigenvalue weighted by molar-refractivity contribution is 0.169. The van der Waals surface area contributed by atoms with Gasteiger partial charge in [-0.15, -0.1) is 11.3 Å². The lowest BCUT2D eigenvalue weighted by Gasteiger charge is -2.32. The fraction of sp³-hybridized carbons (Fsp3) is 0.692. The van der Waals surface area contributed by atoms with E-state index in [-0.39, 0.29) is 0 Å². The number of hydrogen-bond donors (Lipinski definition) is 0. The smallest absolute Gasteiger partial charge is 0.253 e. The lowest BCUT2D eigenvalue weighted by atomic mass is 10.1. The second kappa shape index (κ2) is 6.04. The maximum Gasteiger partial charge on any atom is 0.253 e. The molecule has 2 saturated heterocycles. The number of halogens is 1. The van der Waals surface area contributed by atoms with Crippen LogP contribution in [0.15, 0.2) is 20.1 Å². The molecule has 1 unspecified atom stereocenters. The van der Waals surface area contributed by atoms with Crippen LogP contribution in [0.4, 0.5) is 0 Å². The van der Waals surface area contributed by atoms with Gasteiger partial charge in [0.25, 0.3) is 10.0 Å². The van der Waals surface area contributed by atoms with Crippen LogP contribution >= 0.6 is 27.3 Å². The van der Waals surface area contributed by atoms with Gasteiger partial charge in [0.15, 0.2) is 0 Å². The van der Waals surface area contributed by atoms with Gasteiger partial charge in [-0.2, -0.15) is 4.31 Å². The minimum absolute atomic E-state index is 0.406. The molecule has 0 aliphatic carbocycles. The molecule has 1 aromatic rings. The van der Waals surface area contributed by atoms with Crippen molar-refractivity contribution in [3.63, 3.8) is 0 Å². The van der Waals surface area contributed by atoms with Crippen LogP contribution in [0, 0.1) is 0 Å². The predicted octanol–water partition coefficient (Wildman–Crippen LogP) is 2.76. The summed E-state index contributed by atoms with van der Waals surface area (Å²) in [5.41, 5.74) is 0. The first-order valence-corrected chi connectivity index (χ1v) is 10.2. The minimum Gasteiger partial charge on any atom is -0.299 e. The van der Waals surface area contributed by atoms with Crippen LogP contribution in [-0.2, 0) is 10.0 Å². The average Bonchev–Trinajstić information content (AvgIpc) is 3.08. The Morgan fingerprint density at radius 2 is 1.95 bits per heavy atom. The van der Waals surface area contributed by atoms with Crippen LogP contribution in [0.25, 0.3) is 0 Å². The Balaban J connectivity index is 1.72. The molecule has 0 spiro atoms. The first kappa shape index (κ1) is 15.0. The van der Waals surface area contributed by atoms with E-state index >= 15 is 0 Å². The molecule has 3 heterocycles. The molecule has 3 rings (SSSR count). The third-order valence-electron chi connectivity index (χ3n) is 4.19. The van der Waals surface area contributed by atoms with E-state index in [0.717, 1.165) is 19.5 Å². The van der Waals surface area contributed by atoms with Gasteiger partial charge in [-0.05, 0) is 59.7 Å². The third-order valence-corrected chi connectivity index (χ3v) is 8.70. The van der Waals surface area contributed by atoms with E-state index in [1.165, 1.54) is 30.6 Å². The Bertz CT molecular complexity index is 567. The molecule has 2 fully saturated rings. The van der Waals surface area contributed by atoms with Gasteiger partial charge in [-0.1, -0.05) is 6.42 Å². The molecule has 112 valence electrons. The molecule has 0 radical (unpaired) electrons. The highest BCUT2D eigenvalue weighted by Crippen LogP contribution is 2.32. The lowest BCUT2D eigenvalue weighted by Crippen LogP contribution is -2.41. The number of piperidine rings is 1. The summed E-state index contributed by atoms with van der Waals surface area (Å²) < 4.78 is 28.0. The fourth-order valence-corrected chi connectivity index (χ4v) is 7.03. The van der Waals surface area contributed by atoms with Gasteiger partial charge in [0, 0.05) is 23.6 Å². The Hall–Kier alpha value is 0.0500. The molecule has 1 atom stereocenters. The van der Waals surface area contributed by atoms with Gasteiger partial charge in [0.1, 0.15) is 4.21 Å². The van der Waals surface area contributed by atoms with E-state index in [4.69, 9.17) is 0 Å². The molecular formula is C13H19BrN2O2S2. The minimum atomic E-state index is -3.32. The topological polar surface area (TPSA) is 40.6 Å². The molecule has 2 aliphatic rings. The summed E-state index contributed by atoms with van der Waals surface area (Å²) >= 11 is 4.63. The van der Waals surface area contributed by atoms with Crippen LogP contribution < -0.4 is 0 Å². The fourth-order valence-electron chi connectivity index (χ4n) is 3.09. The summed E-state index contributed by atoms with van der Waals surface area (Å²) in [6.45, 7) is 3.54. The second-order valence-corrected chi connectivity index (χ2v) is 9.36. The van der Waals surface area contributed by atoms with Crippen LogP contribution in [-0.4, -0.2) is 49.8 Å². The molecule has 0 aromatic carbocycles. The Kier molecular flexibility index (Phi) is 4.52. The molecular weight excluding hydrogens is 360 g/mol. The van der Waals surface area contributed by atoms with E-state index in [1.54, 1.807) is 10.4 Å². The van der Waals surface area contributed by atoms with Crippen molar-refractivity contribution in [3.8, 4) is 0 Å². The molecule has 1 aromatic heterocycles. The monoisotopic (exact) mass is 378 g/mol.